The van der Waals surface area contributed by atoms with Gasteiger partial charge < -0.3 is 15.2 Å². The molecule has 0 spiro atoms. The fourth-order valence-electron chi connectivity index (χ4n) is 2.04. The van der Waals surface area contributed by atoms with Crippen LogP contribution in [-0.4, -0.2) is 60.8 Å². The Morgan fingerprint density at radius 1 is 1.59 bits per heavy atom. The van der Waals surface area contributed by atoms with Crippen molar-refractivity contribution in [1.29, 1.82) is 0 Å². The van der Waals surface area contributed by atoms with Crippen LogP contribution in [0.1, 0.15) is 19.8 Å². The molecule has 0 bridgehead atoms. The highest BCUT2D eigenvalue weighted by molar-refractivity contribution is 5.81. The molecule has 1 heterocycles. The maximum Gasteiger partial charge on any atom is 0.303 e. The molecule has 1 amide bonds. The van der Waals surface area contributed by atoms with Crippen molar-refractivity contribution in [3.8, 4) is 0 Å². The summed E-state index contributed by atoms with van der Waals surface area (Å²) in [6.45, 7) is 3.57. The molecule has 0 aromatic heterocycles. The van der Waals surface area contributed by atoms with Crippen molar-refractivity contribution < 1.29 is 19.4 Å². The van der Waals surface area contributed by atoms with Gasteiger partial charge >= 0.3 is 5.97 Å². The van der Waals surface area contributed by atoms with Crippen molar-refractivity contribution in [3.05, 3.63) is 0 Å². The standard InChI is InChI=1S/C11H20N2O4/c1-8(3-4-10(14)15)13-5-6-17-7-9(13)11(16)12-2/h8-9H,3-7H2,1-2H3,(H,12,16)(H,14,15). The van der Waals surface area contributed by atoms with Crippen LogP contribution in [0.4, 0.5) is 0 Å². The number of carbonyl (C=O) groups is 2. The van der Waals surface area contributed by atoms with Crippen LogP contribution in [0.3, 0.4) is 0 Å². The second-order valence-corrected chi connectivity index (χ2v) is 4.22. The zero-order valence-corrected chi connectivity index (χ0v) is 10.3. The molecule has 0 aliphatic carbocycles. The number of carbonyl (C=O) groups excluding carboxylic acids is 1. The number of hydrogen-bond acceptors (Lipinski definition) is 4. The number of carboxylic acid groups (broad SMARTS) is 1. The van der Waals surface area contributed by atoms with Gasteiger partial charge in [-0.3, -0.25) is 14.5 Å². The number of morpholine rings is 1. The topological polar surface area (TPSA) is 78.9 Å². The smallest absolute Gasteiger partial charge is 0.303 e. The summed E-state index contributed by atoms with van der Waals surface area (Å²) in [4.78, 5) is 24.2. The molecule has 1 aliphatic rings. The molecule has 98 valence electrons. The number of rotatable bonds is 5. The Kier molecular flexibility index (Phi) is 5.37. The Bertz CT molecular complexity index is 283. The largest absolute Gasteiger partial charge is 0.481 e. The van der Waals surface area contributed by atoms with E-state index in [0.717, 1.165) is 0 Å². The molecule has 1 fully saturated rings. The Morgan fingerprint density at radius 2 is 2.29 bits per heavy atom. The average Bonchev–Trinajstić information content (AvgIpc) is 2.34. The first-order valence-electron chi connectivity index (χ1n) is 5.83. The normalized spacial score (nSPS) is 23.1. The van der Waals surface area contributed by atoms with E-state index in [-0.39, 0.29) is 24.4 Å². The first kappa shape index (κ1) is 13.9. The van der Waals surface area contributed by atoms with E-state index in [9.17, 15) is 9.59 Å². The summed E-state index contributed by atoms with van der Waals surface area (Å²) < 4.78 is 5.29. The number of amides is 1. The number of nitrogens with one attached hydrogen (secondary N) is 1. The Hall–Kier alpha value is -1.14. The third-order valence-electron chi connectivity index (χ3n) is 3.06. The van der Waals surface area contributed by atoms with Gasteiger partial charge in [-0.2, -0.15) is 0 Å². The molecule has 0 radical (unpaired) electrons. The molecular weight excluding hydrogens is 224 g/mol. The van der Waals surface area contributed by atoms with Crippen molar-refractivity contribution in [2.75, 3.05) is 26.8 Å². The molecule has 1 saturated heterocycles. The zero-order valence-electron chi connectivity index (χ0n) is 10.3. The third kappa shape index (κ3) is 3.98. The van der Waals surface area contributed by atoms with Crippen LogP contribution in [0.5, 0.6) is 0 Å². The fraction of sp³-hybridized carbons (Fsp3) is 0.818. The Labute approximate surface area is 101 Å². The quantitative estimate of drug-likeness (QED) is 0.693. The Morgan fingerprint density at radius 3 is 2.88 bits per heavy atom. The van der Waals surface area contributed by atoms with Gasteiger partial charge in [-0.15, -0.1) is 0 Å². The SMILES string of the molecule is CNC(=O)C1COCCN1C(C)CCC(=O)O. The fourth-order valence-corrected chi connectivity index (χ4v) is 2.04. The first-order valence-corrected chi connectivity index (χ1v) is 5.83. The summed E-state index contributed by atoms with van der Waals surface area (Å²) in [6.07, 6.45) is 0.668. The summed E-state index contributed by atoms with van der Waals surface area (Å²) in [5.74, 6) is -0.881. The molecule has 0 saturated carbocycles. The maximum atomic E-state index is 11.7. The van der Waals surface area contributed by atoms with Gasteiger partial charge in [0.1, 0.15) is 6.04 Å². The van der Waals surface area contributed by atoms with Crippen LogP contribution >= 0.6 is 0 Å². The van der Waals surface area contributed by atoms with Gasteiger partial charge in [0.15, 0.2) is 0 Å². The van der Waals surface area contributed by atoms with E-state index in [1.807, 2.05) is 11.8 Å². The van der Waals surface area contributed by atoms with Gasteiger partial charge in [0.05, 0.1) is 13.2 Å². The number of hydrogen-bond donors (Lipinski definition) is 2. The zero-order chi connectivity index (χ0) is 12.8. The predicted octanol–water partition coefficient (Wildman–Crippen LogP) is -0.313. The lowest BCUT2D eigenvalue weighted by Crippen LogP contribution is -2.56. The van der Waals surface area contributed by atoms with Gasteiger partial charge in [0.2, 0.25) is 5.91 Å². The molecule has 2 unspecified atom stereocenters. The van der Waals surface area contributed by atoms with Crippen LogP contribution in [0.25, 0.3) is 0 Å². The molecule has 1 aliphatic heterocycles. The molecule has 2 atom stereocenters. The second kappa shape index (κ2) is 6.56. The maximum absolute atomic E-state index is 11.7. The summed E-state index contributed by atoms with van der Waals surface area (Å²) >= 11 is 0. The molecule has 17 heavy (non-hydrogen) atoms. The van der Waals surface area contributed by atoms with E-state index in [2.05, 4.69) is 5.32 Å². The van der Waals surface area contributed by atoms with Crippen LogP contribution in [0.2, 0.25) is 0 Å². The second-order valence-electron chi connectivity index (χ2n) is 4.22. The summed E-state index contributed by atoms with van der Waals surface area (Å²) in [5.41, 5.74) is 0. The monoisotopic (exact) mass is 244 g/mol. The summed E-state index contributed by atoms with van der Waals surface area (Å²) in [5, 5.41) is 11.3. The van der Waals surface area contributed by atoms with E-state index >= 15 is 0 Å². The minimum atomic E-state index is -0.804. The minimum absolute atomic E-state index is 0.0669. The van der Waals surface area contributed by atoms with Crippen LogP contribution in [-0.2, 0) is 14.3 Å². The molecule has 1 rings (SSSR count). The summed E-state index contributed by atoms with van der Waals surface area (Å²) in [6, 6.07) is -0.241. The lowest BCUT2D eigenvalue weighted by molar-refractivity contribution is -0.138. The van der Waals surface area contributed by atoms with E-state index in [1.165, 1.54) is 0 Å². The van der Waals surface area contributed by atoms with Gasteiger partial charge in [-0.25, -0.2) is 0 Å². The summed E-state index contributed by atoms with van der Waals surface area (Å²) in [7, 11) is 1.59. The molecule has 0 aromatic rings. The van der Waals surface area contributed by atoms with Crippen LogP contribution in [0.15, 0.2) is 0 Å². The highest BCUT2D eigenvalue weighted by atomic mass is 16.5. The van der Waals surface area contributed by atoms with Gasteiger partial charge in [0, 0.05) is 26.1 Å². The van der Waals surface area contributed by atoms with Crippen LogP contribution < -0.4 is 5.32 Å². The predicted molar refractivity (Wildman–Crippen MR) is 61.7 cm³/mol. The highest BCUT2D eigenvalue weighted by Gasteiger charge is 2.31. The van der Waals surface area contributed by atoms with Crippen LogP contribution in [0, 0.1) is 0 Å². The van der Waals surface area contributed by atoms with Crippen molar-refractivity contribution in [1.82, 2.24) is 10.2 Å². The lowest BCUT2D eigenvalue weighted by atomic mass is 10.1. The number of nitrogens with zero attached hydrogens (tertiary/aromatic N) is 1. The van der Waals surface area contributed by atoms with Gasteiger partial charge in [-0.1, -0.05) is 0 Å². The highest BCUT2D eigenvalue weighted by Crippen LogP contribution is 2.15. The van der Waals surface area contributed by atoms with E-state index in [0.29, 0.717) is 26.2 Å². The third-order valence-corrected chi connectivity index (χ3v) is 3.06. The van der Waals surface area contributed by atoms with Crippen molar-refractivity contribution in [2.24, 2.45) is 0 Å². The Balaban J connectivity index is 2.57. The molecule has 2 N–H and O–H groups in total. The molecule has 0 aromatic carbocycles. The minimum Gasteiger partial charge on any atom is -0.481 e. The van der Waals surface area contributed by atoms with Gasteiger partial charge in [0.25, 0.3) is 0 Å². The molecule has 6 nitrogen and oxygen atoms in total. The molecular formula is C11H20N2O4. The first-order chi connectivity index (χ1) is 8.06. The number of likely N-dealkylation sites (N-methyl/N-ethyl adjacent to an activating group) is 1. The van der Waals surface area contributed by atoms with E-state index in [4.69, 9.17) is 9.84 Å². The van der Waals surface area contributed by atoms with E-state index < -0.39 is 5.97 Å². The van der Waals surface area contributed by atoms with Crippen molar-refractivity contribution in [3.63, 3.8) is 0 Å². The average molecular weight is 244 g/mol. The lowest BCUT2D eigenvalue weighted by Gasteiger charge is -2.38. The van der Waals surface area contributed by atoms with E-state index in [1.54, 1.807) is 7.05 Å². The van der Waals surface area contributed by atoms with Crippen molar-refractivity contribution in [2.45, 2.75) is 31.8 Å². The number of carboxylic acids is 1. The number of ether oxygens (including phenoxy) is 1. The van der Waals surface area contributed by atoms with Gasteiger partial charge in [-0.05, 0) is 13.3 Å². The van der Waals surface area contributed by atoms with Crippen molar-refractivity contribution >= 4 is 11.9 Å². The number of aliphatic carboxylic acids is 1. The molecule has 6 heteroatoms.